The van der Waals surface area contributed by atoms with E-state index in [-0.39, 0.29) is 25.0 Å². The van der Waals surface area contributed by atoms with E-state index in [1.807, 2.05) is 0 Å². The smallest absolute Gasteiger partial charge is 0.228 e. The Morgan fingerprint density at radius 3 is 2.33 bits per heavy atom. The molecule has 15 heavy (non-hydrogen) atoms. The maximum absolute atomic E-state index is 11.6. The molecule has 3 atom stereocenters. The molecule has 0 radical (unpaired) electrons. The molecule has 3 unspecified atom stereocenters. The lowest BCUT2D eigenvalue weighted by Gasteiger charge is -2.20. The van der Waals surface area contributed by atoms with Gasteiger partial charge in [0.15, 0.2) is 5.25 Å². The van der Waals surface area contributed by atoms with Crippen LogP contribution < -0.4 is 4.72 Å². The fourth-order valence-electron chi connectivity index (χ4n) is 0.996. The Balaban J connectivity index is 4.59. The van der Waals surface area contributed by atoms with Gasteiger partial charge in [0.2, 0.25) is 10.0 Å². The fraction of sp³-hybridized carbons (Fsp3) is 0.889. The molecule has 0 aromatic carbocycles. The van der Waals surface area contributed by atoms with Crippen LogP contribution in [0.15, 0.2) is 0 Å². The van der Waals surface area contributed by atoms with Gasteiger partial charge in [0, 0.05) is 12.6 Å². The lowest BCUT2D eigenvalue weighted by atomic mass is 10.1. The maximum Gasteiger partial charge on any atom is 0.228 e. The van der Waals surface area contributed by atoms with Crippen LogP contribution in [0, 0.1) is 17.2 Å². The third kappa shape index (κ3) is 4.16. The normalized spacial score (nSPS) is 17.8. The van der Waals surface area contributed by atoms with Crippen molar-refractivity contribution in [1.82, 2.24) is 4.72 Å². The Morgan fingerprint density at radius 1 is 1.47 bits per heavy atom. The number of nitrogens with one attached hydrogen (secondary N) is 1. The van der Waals surface area contributed by atoms with Crippen LogP contribution in [0.3, 0.4) is 0 Å². The summed E-state index contributed by atoms with van der Waals surface area (Å²) in [5, 5.41) is 16.5. The molecular formula is C9H18N2O3S. The summed E-state index contributed by atoms with van der Waals surface area (Å²) in [4.78, 5) is 0. The van der Waals surface area contributed by atoms with E-state index < -0.39 is 15.3 Å². The molecule has 0 aliphatic carbocycles. The van der Waals surface area contributed by atoms with Crippen molar-refractivity contribution in [3.05, 3.63) is 0 Å². The summed E-state index contributed by atoms with van der Waals surface area (Å²) in [5.74, 6) is -0.170. The number of hydrogen-bond donors (Lipinski definition) is 2. The van der Waals surface area contributed by atoms with Gasteiger partial charge in [-0.15, -0.1) is 0 Å². The summed E-state index contributed by atoms with van der Waals surface area (Å²) in [7, 11) is -3.60. The molecule has 0 saturated carbocycles. The van der Waals surface area contributed by atoms with Crippen LogP contribution >= 0.6 is 0 Å². The highest BCUT2D eigenvalue weighted by Crippen LogP contribution is 2.08. The molecule has 0 aliphatic rings. The van der Waals surface area contributed by atoms with Gasteiger partial charge in [-0.1, -0.05) is 13.8 Å². The first-order valence-electron chi connectivity index (χ1n) is 4.90. The summed E-state index contributed by atoms with van der Waals surface area (Å²) in [6.07, 6.45) is 0.256. The van der Waals surface area contributed by atoms with Crippen molar-refractivity contribution >= 4 is 10.0 Å². The summed E-state index contributed by atoms with van der Waals surface area (Å²) in [5.41, 5.74) is 0. The summed E-state index contributed by atoms with van der Waals surface area (Å²) in [6, 6.07) is 1.37. The third-order valence-electron chi connectivity index (χ3n) is 2.38. The first-order valence-corrected chi connectivity index (χ1v) is 6.45. The van der Waals surface area contributed by atoms with E-state index in [0.29, 0.717) is 0 Å². The van der Waals surface area contributed by atoms with E-state index in [2.05, 4.69) is 4.72 Å². The monoisotopic (exact) mass is 234 g/mol. The van der Waals surface area contributed by atoms with Crippen LogP contribution in [-0.2, 0) is 10.0 Å². The van der Waals surface area contributed by atoms with Crippen LogP contribution in [0.4, 0.5) is 0 Å². The van der Waals surface area contributed by atoms with Crippen molar-refractivity contribution in [2.75, 3.05) is 6.61 Å². The minimum absolute atomic E-state index is 0.0902. The molecule has 2 N–H and O–H groups in total. The van der Waals surface area contributed by atoms with E-state index in [4.69, 9.17) is 10.4 Å². The average Bonchev–Trinajstić information content (AvgIpc) is 2.17. The number of sulfonamides is 1. The highest BCUT2D eigenvalue weighted by atomic mass is 32.2. The van der Waals surface area contributed by atoms with Crippen molar-refractivity contribution in [2.45, 2.75) is 38.5 Å². The molecule has 0 aromatic rings. The van der Waals surface area contributed by atoms with Crippen LogP contribution in [0.2, 0.25) is 0 Å². The second-order valence-electron chi connectivity index (χ2n) is 3.64. The van der Waals surface area contributed by atoms with E-state index >= 15 is 0 Å². The second-order valence-corrected chi connectivity index (χ2v) is 5.53. The molecular weight excluding hydrogens is 216 g/mol. The maximum atomic E-state index is 11.6. The van der Waals surface area contributed by atoms with Crippen LogP contribution in [-0.4, -0.2) is 31.4 Å². The zero-order valence-corrected chi connectivity index (χ0v) is 10.1. The van der Waals surface area contributed by atoms with Crippen molar-refractivity contribution in [1.29, 1.82) is 5.26 Å². The number of rotatable bonds is 6. The Hall–Kier alpha value is -0.640. The molecule has 0 aliphatic heterocycles. The Labute approximate surface area is 91.2 Å². The molecule has 0 heterocycles. The van der Waals surface area contributed by atoms with Crippen molar-refractivity contribution in [3.63, 3.8) is 0 Å². The molecule has 88 valence electrons. The standard InChI is InChI=1S/C9H18N2O3S/c1-4-9(5-10)15(13,14)11-8(3)7(2)6-12/h7-9,11-12H,4,6H2,1-3H3. The lowest BCUT2D eigenvalue weighted by molar-refractivity contribution is 0.216. The van der Waals surface area contributed by atoms with E-state index in [0.717, 1.165) is 0 Å². The summed E-state index contributed by atoms with van der Waals surface area (Å²) < 4.78 is 25.6. The minimum Gasteiger partial charge on any atom is -0.396 e. The number of aliphatic hydroxyl groups is 1. The molecule has 0 saturated heterocycles. The Morgan fingerprint density at radius 2 is 2.00 bits per heavy atom. The average molecular weight is 234 g/mol. The van der Waals surface area contributed by atoms with Gasteiger partial charge in [0.05, 0.1) is 6.07 Å². The molecule has 0 aromatic heterocycles. The summed E-state index contributed by atoms with van der Waals surface area (Å²) >= 11 is 0. The number of aliphatic hydroxyl groups excluding tert-OH is 1. The van der Waals surface area contributed by atoms with Gasteiger partial charge >= 0.3 is 0 Å². The molecule has 0 spiro atoms. The fourth-order valence-corrected chi connectivity index (χ4v) is 2.49. The predicted octanol–water partition coefficient (Wildman–Crippen LogP) is 0.225. The number of nitriles is 1. The predicted molar refractivity (Wildman–Crippen MR) is 57.5 cm³/mol. The minimum atomic E-state index is -3.60. The summed E-state index contributed by atoms with van der Waals surface area (Å²) in [6.45, 7) is 4.96. The SMILES string of the molecule is CCC(C#N)S(=O)(=O)NC(C)C(C)CO. The molecule has 0 bridgehead atoms. The van der Waals surface area contributed by atoms with Gasteiger partial charge in [-0.3, -0.25) is 0 Å². The van der Waals surface area contributed by atoms with Gasteiger partial charge in [-0.2, -0.15) is 5.26 Å². The number of nitrogens with zero attached hydrogens (tertiary/aromatic N) is 1. The largest absolute Gasteiger partial charge is 0.396 e. The molecule has 5 nitrogen and oxygen atoms in total. The van der Waals surface area contributed by atoms with Crippen molar-refractivity contribution < 1.29 is 13.5 Å². The van der Waals surface area contributed by atoms with E-state index in [1.54, 1.807) is 26.8 Å². The van der Waals surface area contributed by atoms with Crippen molar-refractivity contribution in [3.8, 4) is 6.07 Å². The third-order valence-corrected chi connectivity index (χ3v) is 4.27. The van der Waals surface area contributed by atoms with Crippen LogP contribution in [0.1, 0.15) is 27.2 Å². The van der Waals surface area contributed by atoms with Crippen LogP contribution in [0.5, 0.6) is 0 Å². The van der Waals surface area contributed by atoms with E-state index in [1.165, 1.54) is 0 Å². The van der Waals surface area contributed by atoms with E-state index in [9.17, 15) is 8.42 Å². The topological polar surface area (TPSA) is 90.2 Å². The highest BCUT2D eigenvalue weighted by Gasteiger charge is 2.26. The zero-order valence-electron chi connectivity index (χ0n) is 9.27. The van der Waals surface area contributed by atoms with Crippen LogP contribution in [0.25, 0.3) is 0 Å². The lowest BCUT2D eigenvalue weighted by Crippen LogP contribution is -2.42. The number of hydrogen-bond acceptors (Lipinski definition) is 4. The van der Waals surface area contributed by atoms with Crippen molar-refractivity contribution in [2.24, 2.45) is 5.92 Å². The van der Waals surface area contributed by atoms with Gasteiger partial charge in [-0.25, -0.2) is 13.1 Å². The first-order chi connectivity index (χ1) is 6.88. The van der Waals surface area contributed by atoms with Gasteiger partial charge in [-0.05, 0) is 19.3 Å². The molecule has 0 fully saturated rings. The molecule has 0 rings (SSSR count). The van der Waals surface area contributed by atoms with Gasteiger partial charge < -0.3 is 5.11 Å². The highest BCUT2D eigenvalue weighted by molar-refractivity contribution is 7.90. The first kappa shape index (κ1) is 14.4. The van der Waals surface area contributed by atoms with Gasteiger partial charge in [0.1, 0.15) is 0 Å². The second kappa shape index (κ2) is 6.05. The Kier molecular flexibility index (Phi) is 5.80. The molecule has 0 amide bonds. The quantitative estimate of drug-likeness (QED) is 0.688. The van der Waals surface area contributed by atoms with Gasteiger partial charge in [0.25, 0.3) is 0 Å². The Bertz CT molecular complexity index is 321. The zero-order chi connectivity index (χ0) is 12.1. The molecule has 6 heteroatoms.